The summed E-state index contributed by atoms with van der Waals surface area (Å²) in [6, 6.07) is 7.51. The van der Waals surface area contributed by atoms with E-state index >= 15 is 0 Å². The molecule has 0 aliphatic carbocycles. The Hall–Kier alpha value is -4.19. The Morgan fingerprint density at radius 3 is 2.26 bits per heavy atom. The molecule has 1 aliphatic heterocycles. The minimum absolute atomic E-state index is 0.0109. The van der Waals surface area contributed by atoms with Gasteiger partial charge in [0.05, 0.1) is 19.0 Å². The monoisotopic (exact) mass is 584 g/mol. The Morgan fingerprint density at radius 1 is 1.02 bits per heavy atom. The summed E-state index contributed by atoms with van der Waals surface area (Å²) in [5.74, 6) is -1.87. The zero-order valence-corrected chi connectivity index (χ0v) is 24.9. The highest BCUT2D eigenvalue weighted by molar-refractivity contribution is 5.95. The van der Waals surface area contributed by atoms with Gasteiger partial charge in [0.15, 0.2) is 0 Å². The van der Waals surface area contributed by atoms with Gasteiger partial charge in [0.25, 0.3) is 0 Å². The van der Waals surface area contributed by atoms with Gasteiger partial charge in [-0.2, -0.15) is 0 Å². The first-order valence-electron chi connectivity index (χ1n) is 13.8. The molecule has 42 heavy (non-hydrogen) atoms. The Morgan fingerprint density at radius 2 is 1.67 bits per heavy atom. The van der Waals surface area contributed by atoms with E-state index in [1.165, 1.54) is 18.2 Å². The van der Waals surface area contributed by atoms with E-state index < -0.39 is 47.1 Å². The fraction of sp³-hybridized carbons (Fsp3) is 0.500. The number of ether oxygens (including phenoxy) is 3. The first kappa shape index (κ1) is 32.3. The summed E-state index contributed by atoms with van der Waals surface area (Å²) in [5.41, 5.74) is 4.38. The Labute approximate surface area is 245 Å². The molecule has 1 aliphatic rings. The van der Waals surface area contributed by atoms with Gasteiger partial charge in [0, 0.05) is 5.56 Å². The van der Waals surface area contributed by atoms with E-state index in [9.17, 15) is 19.2 Å². The van der Waals surface area contributed by atoms with E-state index in [1.54, 1.807) is 59.7 Å². The Bertz CT molecular complexity index is 1300. The molecule has 0 radical (unpaired) electrons. The lowest BCUT2D eigenvalue weighted by molar-refractivity contribution is -0.165. The molecular weight excluding hydrogens is 544 g/mol. The summed E-state index contributed by atoms with van der Waals surface area (Å²) in [7, 11) is 0. The standard InChI is InChI=1S/C30H40N4O8/c1-29(2,3)41-24(35)16-21(27(37)42-30(4,5)6)33-26(36)22-8-7-15-34(22)17-20-13-14-23(39-20)28(38)40-19-11-9-18(10-12-19)25(31)32/h9-14,21-22H,7-8,15-17H2,1-6H3,(H3,31,32)(H,33,36)/t21-,22+/m0/s1. The molecule has 4 N–H and O–H groups in total. The summed E-state index contributed by atoms with van der Waals surface area (Å²) in [5, 5.41) is 10.1. The molecule has 0 bridgehead atoms. The number of esters is 3. The van der Waals surface area contributed by atoms with Crippen LogP contribution in [0.15, 0.2) is 40.8 Å². The van der Waals surface area contributed by atoms with Crippen LogP contribution in [0.4, 0.5) is 0 Å². The number of amides is 1. The smallest absolute Gasteiger partial charge is 0.379 e. The zero-order chi connectivity index (χ0) is 31.2. The number of carbonyl (C=O) groups excluding carboxylic acids is 4. The molecule has 3 rings (SSSR count). The highest BCUT2D eigenvalue weighted by Crippen LogP contribution is 2.23. The molecule has 1 fully saturated rings. The van der Waals surface area contributed by atoms with Crippen LogP contribution in [0.3, 0.4) is 0 Å². The molecular formula is C30H40N4O8. The molecule has 2 aromatic rings. The van der Waals surface area contributed by atoms with Crippen molar-refractivity contribution in [1.29, 1.82) is 5.41 Å². The number of likely N-dealkylation sites (tertiary alicyclic amines) is 1. The number of rotatable bonds is 10. The quantitative estimate of drug-likeness (QED) is 0.163. The number of amidine groups is 1. The third-order valence-corrected chi connectivity index (χ3v) is 6.06. The van der Waals surface area contributed by atoms with E-state index in [1.807, 2.05) is 4.90 Å². The lowest BCUT2D eigenvalue weighted by Gasteiger charge is -2.28. The summed E-state index contributed by atoms with van der Waals surface area (Å²) in [6.07, 6.45) is 0.893. The van der Waals surface area contributed by atoms with Gasteiger partial charge in [-0.1, -0.05) is 0 Å². The number of benzene rings is 1. The zero-order valence-electron chi connectivity index (χ0n) is 24.9. The highest BCUT2D eigenvalue weighted by atomic mass is 16.6. The van der Waals surface area contributed by atoms with E-state index in [0.29, 0.717) is 24.3 Å². The van der Waals surface area contributed by atoms with Gasteiger partial charge >= 0.3 is 17.9 Å². The fourth-order valence-corrected chi connectivity index (χ4v) is 4.33. The molecule has 12 nitrogen and oxygen atoms in total. The third-order valence-electron chi connectivity index (χ3n) is 6.06. The molecule has 1 aromatic carbocycles. The average Bonchev–Trinajstić information content (AvgIpc) is 3.52. The molecule has 1 amide bonds. The Balaban J connectivity index is 1.64. The van der Waals surface area contributed by atoms with Crippen molar-refractivity contribution < 1.29 is 37.8 Å². The SMILES string of the molecule is CC(C)(C)OC(=O)C[C@H](NC(=O)[C@H]1CCCN1Cc1ccc(C(=O)Oc2ccc(C(=N)N)cc2)o1)C(=O)OC(C)(C)C. The van der Waals surface area contributed by atoms with Crippen LogP contribution >= 0.6 is 0 Å². The second kappa shape index (κ2) is 13.2. The maximum Gasteiger partial charge on any atom is 0.379 e. The van der Waals surface area contributed by atoms with Crippen molar-refractivity contribution in [1.82, 2.24) is 10.2 Å². The lowest BCUT2D eigenvalue weighted by atomic mass is 10.1. The largest absolute Gasteiger partial charge is 0.460 e. The molecule has 2 atom stereocenters. The minimum Gasteiger partial charge on any atom is -0.460 e. The molecule has 12 heteroatoms. The maximum absolute atomic E-state index is 13.3. The number of nitrogens with two attached hydrogens (primary N) is 1. The summed E-state index contributed by atoms with van der Waals surface area (Å²) in [4.78, 5) is 53.2. The topological polar surface area (TPSA) is 174 Å². The van der Waals surface area contributed by atoms with Crippen LogP contribution in [-0.4, -0.2) is 64.4 Å². The summed E-state index contributed by atoms with van der Waals surface area (Å²) >= 11 is 0. The van der Waals surface area contributed by atoms with Gasteiger partial charge in [-0.25, -0.2) is 9.59 Å². The van der Waals surface area contributed by atoms with Crippen LogP contribution in [0.1, 0.15) is 82.7 Å². The number of nitrogen functional groups attached to an aromatic ring is 1. The number of nitrogens with zero attached hydrogens (tertiary/aromatic N) is 1. The fourth-order valence-electron chi connectivity index (χ4n) is 4.33. The number of nitrogens with one attached hydrogen (secondary N) is 2. The Kier molecular flexibility index (Phi) is 10.2. The second-order valence-corrected chi connectivity index (χ2v) is 12.1. The van der Waals surface area contributed by atoms with Gasteiger partial charge in [0.1, 0.15) is 34.6 Å². The van der Waals surface area contributed by atoms with Crippen LogP contribution < -0.4 is 15.8 Å². The summed E-state index contributed by atoms with van der Waals surface area (Å²) < 4.78 is 21.9. The molecule has 1 saturated heterocycles. The van der Waals surface area contributed by atoms with Crippen molar-refractivity contribution in [2.45, 2.75) is 90.6 Å². The van der Waals surface area contributed by atoms with Crippen LogP contribution in [0.5, 0.6) is 5.75 Å². The second-order valence-electron chi connectivity index (χ2n) is 12.1. The van der Waals surface area contributed by atoms with Crippen molar-refractivity contribution in [3.63, 3.8) is 0 Å². The van der Waals surface area contributed by atoms with E-state index in [2.05, 4.69) is 5.32 Å². The number of furan rings is 1. The third kappa shape index (κ3) is 9.72. The number of hydrogen-bond donors (Lipinski definition) is 3. The molecule has 0 saturated carbocycles. The minimum atomic E-state index is -1.22. The van der Waals surface area contributed by atoms with E-state index in [-0.39, 0.29) is 30.3 Å². The average molecular weight is 585 g/mol. The molecule has 0 unspecified atom stereocenters. The normalized spacial score (nSPS) is 16.4. The number of hydrogen-bond acceptors (Lipinski definition) is 10. The molecule has 2 heterocycles. The molecule has 0 spiro atoms. The first-order valence-corrected chi connectivity index (χ1v) is 13.8. The van der Waals surface area contributed by atoms with Crippen molar-refractivity contribution in [3.8, 4) is 5.75 Å². The van der Waals surface area contributed by atoms with Crippen molar-refractivity contribution in [2.75, 3.05) is 6.54 Å². The van der Waals surface area contributed by atoms with Gasteiger partial charge in [-0.05, 0) is 97.3 Å². The van der Waals surface area contributed by atoms with Crippen LogP contribution in [0, 0.1) is 5.41 Å². The van der Waals surface area contributed by atoms with Crippen LogP contribution in [0.25, 0.3) is 0 Å². The summed E-state index contributed by atoms with van der Waals surface area (Å²) in [6.45, 7) is 11.1. The van der Waals surface area contributed by atoms with E-state index in [4.69, 9.17) is 29.8 Å². The van der Waals surface area contributed by atoms with Crippen molar-refractivity contribution >= 4 is 29.7 Å². The predicted molar refractivity (Wildman–Crippen MR) is 153 cm³/mol. The van der Waals surface area contributed by atoms with Crippen LogP contribution in [-0.2, 0) is 30.4 Å². The number of carbonyl (C=O) groups is 4. The van der Waals surface area contributed by atoms with Gasteiger partial charge in [-0.3, -0.25) is 19.9 Å². The highest BCUT2D eigenvalue weighted by Gasteiger charge is 2.36. The maximum atomic E-state index is 13.3. The first-order chi connectivity index (χ1) is 19.5. The van der Waals surface area contributed by atoms with Gasteiger partial charge in [0.2, 0.25) is 11.7 Å². The van der Waals surface area contributed by atoms with Crippen molar-refractivity contribution in [3.05, 3.63) is 53.5 Å². The molecule has 1 aromatic heterocycles. The van der Waals surface area contributed by atoms with Crippen LogP contribution in [0.2, 0.25) is 0 Å². The predicted octanol–water partition coefficient (Wildman–Crippen LogP) is 3.31. The van der Waals surface area contributed by atoms with Gasteiger partial charge in [-0.15, -0.1) is 0 Å². The molecule has 228 valence electrons. The van der Waals surface area contributed by atoms with Crippen molar-refractivity contribution in [2.24, 2.45) is 5.73 Å². The van der Waals surface area contributed by atoms with E-state index in [0.717, 1.165) is 6.42 Å². The van der Waals surface area contributed by atoms with Gasteiger partial charge < -0.3 is 29.7 Å². The lowest BCUT2D eigenvalue weighted by Crippen LogP contribution is -2.51.